The lowest BCUT2D eigenvalue weighted by Crippen LogP contribution is -2.20. The quantitative estimate of drug-likeness (QED) is 0.224. The summed E-state index contributed by atoms with van der Waals surface area (Å²) in [6.45, 7) is 0.397. The first-order valence-electron chi connectivity index (χ1n) is 3.67. The Morgan fingerprint density at radius 2 is 1.77 bits per heavy atom. The summed E-state index contributed by atoms with van der Waals surface area (Å²) in [6, 6.07) is 0. The average Bonchev–Trinajstić information content (AvgIpc) is 2.13. The highest BCUT2D eigenvalue weighted by Crippen LogP contribution is 2.17. The minimum atomic E-state index is -1.81. The zero-order valence-electron chi connectivity index (χ0n) is 7.06. The summed E-state index contributed by atoms with van der Waals surface area (Å²) < 4.78 is 15.7. The number of aldehydes is 2. The zero-order chi connectivity index (χ0) is 9.94. The van der Waals surface area contributed by atoms with Crippen molar-refractivity contribution in [1.29, 1.82) is 0 Å². The van der Waals surface area contributed by atoms with Crippen LogP contribution in [0.15, 0.2) is 0 Å². The molecule has 1 unspecified atom stereocenters. The normalized spacial score (nSPS) is 10.9. The Kier molecular flexibility index (Phi) is 8.92. The predicted molar refractivity (Wildman–Crippen MR) is 46.6 cm³/mol. The van der Waals surface area contributed by atoms with E-state index in [-0.39, 0.29) is 26.1 Å². The molecule has 0 rings (SSSR count). The molecule has 7 heteroatoms. The summed E-state index contributed by atoms with van der Waals surface area (Å²) in [5, 5.41) is 5.19. The molecule has 13 heavy (non-hydrogen) atoms. The van der Waals surface area contributed by atoms with E-state index in [0.717, 1.165) is 0 Å². The summed E-state index contributed by atoms with van der Waals surface area (Å²) in [4.78, 5) is 19.7. The number of hydrogen-bond donors (Lipinski definition) is 2. The minimum Gasteiger partial charge on any atom is -0.302 e. The van der Waals surface area contributed by atoms with Crippen molar-refractivity contribution in [2.75, 3.05) is 26.1 Å². The standard InChI is InChI=1S/C6H12N2O4P/c9-3-1-7-5-12-13(11)6-8-2-4-10/h3-4,7-8H,1-2,5-6H2/q+1. The number of carbonyl (C=O) groups excluding carboxylic acids is 2. The summed E-state index contributed by atoms with van der Waals surface area (Å²) in [5.41, 5.74) is 0. The highest BCUT2D eigenvalue weighted by atomic mass is 31.1. The largest absolute Gasteiger partial charge is 0.525 e. The summed E-state index contributed by atoms with van der Waals surface area (Å²) >= 11 is 0. The Labute approximate surface area is 76.9 Å². The maximum Gasteiger partial charge on any atom is 0.525 e. The molecule has 0 aromatic rings. The number of carbonyl (C=O) groups is 2. The molecule has 0 spiro atoms. The van der Waals surface area contributed by atoms with Gasteiger partial charge in [0.2, 0.25) is 6.29 Å². The number of hydrogen-bond acceptors (Lipinski definition) is 6. The second-order valence-corrected chi connectivity index (χ2v) is 3.25. The van der Waals surface area contributed by atoms with Gasteiger partial charge in [-0.15, -0.1) is 4.52 Å². The van der Waals surface area contributed by atoms with Crippen LogP contribution in [-0.4, -0.2) is 38.7 Å². The van der Waals surface area contributed by atoms with Gasteiger partial charge < -0.3 is 9.59 Å². The molecule has 0 aromatic heterocycles. The molecule has 0 saturated heterocycles. The second kappa shape index (κ2) is 9.41. The van der Waals surface area contributed by atoms with Crippen LogP contribution in [0.1, 0.15) is 0 Å². The van der Waals surface area contributed by atoms with E-state index in [4.69, 9.17) is 4.52 Å². The van der Waals surface area contributed by atoms with Crippen LogP contribution in [-0.2, 0) is 18.7 Å². The van der Waals surface area contributed by atoms with E-state index >= 15 is 0 Å². The molecule has 0 heterocycles. The molecule has 0 radical (unpaired) electrons. The molecule has 0 aliphatic carbocycles. The van der Waals surface area contributed by atoms with Crippen LogP contribution in [0.25, 0.3) is 0 Å². The van der Waals surface area contributed by atoms with E-state index in [9.17, 15) is 14.2 Å². The maximum atomic E-state index is 10.9. The number of nitrogens with one attached hydrogen (secondary N) is 2. The molecule has 0 fully saturated rings. The zero-order valence-corrected chi connectivity index (χ0v) is 7.96. The second-order valence-electron chi connectivity index (χ2n) is 2.01. The van der Waals surface area contributed by atoms with Crippen LogP contribution in [0.5, 0.6) is 0 Å². The SMILES string of the molecule is O=CCNCO[P+](=O)CNCC=O. The van der Waals surface area contributed by atoms with Crippen LogP contribution >= 0.6 is 8.03 Å². The van der Waals surface area contributed by atoms with E-state index in [0.29, 0.717) is 12.6 Å². The van der Waals surface area contributed by atoms with E-state index < -0.39 is 8.03 Å². The van der Waals surface area contributed by atoms with Crippen molar-refractivity contribution in [3.8, 4) is 0 Å². The maximum absolute atomic E-state index is 10.9. The van der Waals surface area contributed by atoms with Gasteiger partial charge in [0.1, 0.15) is 12.6 Å². The van der Waals surface area contributed by atoms with Gasteiger partial charge in [0, 0.05) is 0 Å². The first-order chi connectivity index (χ1) is 6.31. The third-order valence-corrected chi connectivity index (χ3v) is 1.91. The molecule has 1 atom stereocenters. The lowest BCUT2D eigenvalue weighted by Gasteiger charge is -1.92. The monoisotopic (exact) mass is 207 g/mol. The number of rotatable bonds is 9. The molecule has 6 nitrogen and oxygen atoms in total. The topological polar surface area (TPSA) is 84.5 Å². The average molecular weight is 207 g/mol. The Morgan fingerprint density at radius 1 is 1.15 bits per heavy atom. The van der Waals surface area contributed by atoms with Crippen molar-refractivity contribution in [2.24, 2.45) is 0 Å². The molecule has 0 amide bonds. The molecule has 74 valence electrons. The van der Waals surface area contributed by atoms with Gasteiger partial charge in [-0.3, -0.25) is 10.6 Å². The summed E-state index contributed by atoms with van der Waals surface area (Å²) in [6.07, 6.45) is 1.49. The lowest BCUT2D eigenvalue weighted by molar-refractivity contribution is -0.108. The fraction of sp³-hybridized carbons (Fsp3) is 0.667. The van der Waals surface area contributed by atoms with Gasteiger partial charge in [-0.2, -0.15) is 0 Å². The van der Waals surface area contributed by atoms with Crippen molar-refractivity contribution in [3.05, 3.63) is 0 Å². The smallest absolute Gasteiger partial charge is 0.302 e. The molecule has 0 saturated carbocycles. The van der Waals surface area contributed by atoms with Crippen molar-refractivity contribution in [2.45, 2.75) is 0 Å². The van der Waals surface area contributed by atoms with Crippen molar-refractivity contribution >= 4 is 20.6 Å². The summed E-state index contributed by atoms with van der Waals surface area (Å²) in [7, 11) is -1.81. The van der Waals surface area contributed by atoms with Gasteiger partial charge in [0.15, 0.2) is 6.73 Å². The third kappa shape index (κ3) is 9.23. The van der Waals surface area contributed by atoms with E-state index in [1.807, 2.05) is 0 Å². The molecule has 0 aliphatic heterocycles. The van der Waals surface area contributed by atoms with Gasteiger partial charge in [-0.25, -0.2) is 0 Å². The first kappa shape index (κ1) is 12.3. The Morgan fingerprint density at radius 3 is 2.38 bits per heavy atom. The molecular formula is C6H12N2O4P+. The molecule has 2 N–H and O–H groups in total. The van der Waals surface area contributed by atoms with Crippen molar-refractivity contribution < 1.29 is 18.7 Å². The highest BCUT2D eigenvalue weighted by molar-refractivity contribution is 7.39. The lowest BCUT2D eigenvalue weighted by atomic mass is 10.7. The summed E-state index contributed by atoms with van der Waals surface area (Å²) in [5.74, 6) is 0. The Balaban J connectivity index is 3.19. The molecule has 0 bridgehead atoms. The van der Waals surface area contributed by atoms with Crippen LogP contribution in [0.2, 0.25) is 0 Å². The van der Waals surface area contributed by atoms with Crippen molar-refractivity contribution in [3.63, 3.8) is 0 Å². The molecule has 0 aliphatic rings. The molecular weight excluding hydrogens is 195 g/mol. The van der Waals surface area contributed by atoms with Crippen LogP contribution in [0.4, 0.5) is 0 Å². The van der Waals surface area contributed by atoms with Crippen LogP contribution < -0.4 is 10.6 Å². The Hall–Kier alpha value is -0.680. The van der Waals surface area contributed by atoms with Crippen molar-refractivity contribution in [1.82, 2.24) is 10.6 Å². The van der Waals surface area contributed by atoms with E-state index in [1.165, 1.54) is 0 Å². The predicted octanol–water partition coefficient (Wildman–Crippen LogP) is -0.763. The van der Waals surface area contributed by atoms with Gasteiger partial charge in [-0.05, 0) is 4.57 Å². The van der Waals surface area contributed by atoms with Gasteiger partial charge in [0.05, 0.1) is 13.1 Å². The van der Waals surface area contributed by atoms with Gasteiger partial charge in [0.25, 0.3) is 0 Å². The molecule has 0 aromatic carbocycles. The minimum absolute atomic E-state index is 0.0662. The highest BCUT2D eigenvalue weighted by Gasteiger charge is 2.14. The Bertz CT molecular complexity index is 176. The van der Waals surface area contributed by atoms with Crippen LogP contribution in [0, 0.1) is 0 Å². The fourth-order valence-electron chi connectivity index (χ4n) is 0.496. The fourth-order valence-corrected chi connectivity index (χ4v) is 1.13. The van der Waals surface area contributed by atoms with Gasteiger partial charge in [-0.1, -0.05) is 0 Å². The third-order valence-electron chi connectivity index (χ3n) is 1.01. The van der Waals surface area contributed by atoms with Gasteiger partial charge >= 0.3 is 8.03 Å². The van der Waals surface area contributed by atoms with E-state index in [1.54, 1.807) is 0 Å². The first-order valence-corrected chi connectivity index (χ1v) is 5.03. The van der Waals surface area contributed by atoms with Crippen LogP contribution in [0.3, 0.4) is 0 Å². The van der Waals surface area contributed by atoms with E-state index in [2.05, 4.69) is 10.6 Å².